The second-order valence-corrected chi connectivity index (χ2v) is 6.39. The topological polar surface area (TPSA) is 32.5 Å². The Morgan fingerprint density at radius 2 is 1.83 bits per heavy atom. The SMILES string of the molecule is CCN1CCN(C2(CN)CCCC(C)C2C)CC1. The number of rotatable bonds is 3. The molecule has 2 fully saturated rings. The molecular formula is C15H31N3. The number of hydrogen-bond acceptors (Lipinski definition) is 3. The third-order valence-electron chi connectivity index (χ3n) is 5.77. The quantitative estimate of drug-likeness (QED) is 0.832. The van der Waals surface area contributed by atoms with Gasteiger partial charge in [-0.15, -0.1) is 0 Å². The van der Waals surface area contributed by atoms with E-state index < -0.39 is 0 Å². The van der Waals surface area contributed by atoms with Crippen LogP contribution in [-0.2, 0) is 0 Å². The number of nitrogens with two attached hydrogens (primary N) is 1. The molecule has 0 aromatic heterocycles. The Balaban J connectivity index is 2.07. The Labute approximate surface area is 113 Å². The van der Waals surface area contributed by atoms with Crippen LogP contribution in [0, 0.1) is 11.8 Å². The molecule has 2 rings (SSSR count). The van der Waals surface area contributed by atoms with Gasteiger partial charge in [0.1, 0.15) is 0 Å². The van der Waals surface area contributed by atoms with Gasteiger partial charge >= 0.3 is 0 Å². The molecule has 0 aromatic rings. The van der Waals surface area contributed by atoms with Gasteiger partial charge in [0.2, 0.25) is 0 Å². The second kappa shape index (κ2) is 5.89. The van der Waals surface area contributed by atoms with Crippen molar-refractivity contribution in [3.63, 3.8) is 0 Å². The van der Waals surface area contributed by atoms with Crippen LogP contribution >= 0.6 is 0 Å². The van der Waals surface area contributed by atoms with Crippen LogP contribution in [0.5, 0.6) is 0 Å². The zero-order valence-corrected chi connectivity index (χ0v) is 12.5. The van der Waals surface area contributed by atoms with Crippen molar-refractivity contribution in [3.8, 4) is 0 Å². The van der Waals surface area contributed by atoms with Gasteiger partial charge in [-0.2, -0.15) is 0 Å². The van der Waals surface area contributed by atoms with Crippen molar-refractivity contribution in [2.24, 2.45) is 17.6 Å². The highest BCUT2D eigenvalue weighted by Crippen LogP contribution is 2.41. The van der Waals surface area contributed by atoms with E-state index >= 15 is 0 Å². The van der Waals surface area contributed by atoms with E-state index in [1.54, 1.807) is 0 Å². The van der Waals surface area contributed by atoms with Crippen LogP contribution in [0.15, 0.2) is 0 Å². The van der Waals surface area contributed by atoms with Crippen molar-refractivity contribution in [2.75, 3.05) is 39.3 Å². The van der Waals surface area contributed by atoms with Crippen molar-refractivity contribution in [1.82, 2.24) is 9.80 Å². The summed E-state index contributed by atoms with van der Waals surface area (Å²) in [5, 5.41) is 0. The van der Waals surface area contributed by atoms with Gasteiger partial charge in [0, 0.05) is 38.3 Å². The Morgan fingerprint density at radius 1 is 1.17 bits per heavy atom. The van der Waals surface area contributed by atoms with Crippen molar-refractivity contribution >= 4 is 0 Å². The standard InChI is InChI=1S/C15H31N3/c1-4-17-8-10-18(11-9-17)15(12-16)7-5-6-13(2)14(15)3/h13-14H,4-12,16H2,1-3H3. The lowest BCUT2D eigenvalue weighted by atomic mass is 9.67. The lowest BCUT2D eigenvalue weighted by molar-refractivity contribution is -0.0362. The molecule has 0 amide bonds. The fourth-order valence-electron chi connectivity index (χ4n) is 4.11. The lowest BCUT2D eigenvalue weighted by Gasteiger charge is -2.54. The fourth-order valence-corrected chi connectivity index (χ4v) is 4.11. The first kappa shape index (κ1) is 14.3. The third-order valence-corrected chi connectivity index (χ3v) is 5.77. The molecule has 0 bridgehead atoms. The van der Waals surface area contributed by atoms with Crippen LogP contribution in [0.3, 0.4) is 0 Å². The van der Waals surface area contributed by atoms with E-state index in [-0.39, 0.29) is 5.54 Å². The fraction of sp³-hybridized carbons (Fsp3) is 1.00. The van der Waals surface area contributed by atoms with Gasteiger partial charge in [0.15, 0.2) is 0 Å². The van der Waals surface area contributed by atoms with E-state index in [0.717, 1.165) is 18.4 Å². The summed E-state index contributed by atoms with van der Waals surface area (Å²) in [6.07, 6.45) is 4.05. The summed E-state index contributed by atoms with van der Waals surface area (Å²) < 4.78 is 0. The zero-order chi connectivity index (χ0) is 13.2. The smallest absolute Gasteiger partial charge is 0.0360 e. The average molecular weight is 253 g/mol. The van der Waals surface area contributed by atoms with Gasteiger partial charge in [-0.3, -0.25) is 4.90 Å². The first-order chi connectivity index (χ1) is 8.64. The molecule has 0 spiro atoms. The molecule has 18 heavy (non-hydrogen) atoms. The molecule has 3 unspecified atom stereocenters. The highest BCUT2D eigenvalue weighted by atomic mass is 15.3. The number of hydrogen-bond donors (Lipinski definition) is 1. The van der Waals surface area contributed by atoms with Gasteiger partial charge in [-0.05, 0) is 24.8 Å². The monoisotopic (exact) mass is 253 g/mol. The Hall–Kier alpha value is -0.120. The van der Waals surface area contributed by atoms with Crippen LogP contribution in [0.4, 0.5) is 0 Å². The van der Waals surface area contributed by atoms with Crippen molar-refractivity contribution < 1.29 is 0 Å². The predicted octanol–water partition coefficient (Wildman–Crippen LogP) is 1.78. The average Bonchev–Trinajstić information content (AvgIpc) is 2.42. The predicted molar refractivity (Wildman–Crippen MR) is 77.7 cm³/mol. The van der Waals surface area contributed by atoms with Crippen LogP contribution in [0.1, 0.15) is 40.0 Å². The summed E-state index contributed by atoms with van der Waals surface area (Å²) >= 11 is 0. The first-order valence-electron chi connectivity index (χ1n) is 7.81. The van der Waals surface area contributed by atoms with Crippen LogP contribution < -0.4 is 5.73 Å². The van der Waals surface area contributed by atoms with E-state index in [1.807, 2.05) is 0 Å². The Morgan fingerprint density at radius 3 is 2.39 bits per heavy atom. The molecule has 2 N–H and O–H groups in total. The van der Waals surface area contributed by atoms with Crippen LogP contribution in [-0.4, -0.2) is 54.6 Å². The molecular weight excluding hydrogens is 222 g/mol. The van der Waals surface area contributed by atoms with E-state index in [4.69, 9.17) is 5.73 Å². The maximum atomic E-state index is 6.23. The third kappa shape index (κ3) is 2.45. The molecule has 3 atom stereocenters. The summed E-state index contributed by atoms with van der Waals surface area (Å²) in [7, 11) is 0. The molecule has 1 aliphatic heterocycles. The van der Waals surface area contributed by atoms with Crippen molar-refractivity contribution in [1.29, 1.82) is 0 Å². The van der Waals surface area contributed by atoms with Gasteiger partial charge in [-0.1, -0.05) is 33.6 Å². The normalized spacial score (nSPS) is 40.0. The molecule has 0 radical (unpaired) electrons. The zero-order valence-electron chi connectivity index (χ0n) is 12.5. The van der Waals surface area contributed by atoms with Crippen LogP contribution in [0.2, 0.25) is 0 Å². The maximum Gasteiger partial charge on any atom is 0.0360 e. The number of piperazine rings is 1. The summed E-state index contributed by atoms with van der Waals surface area (Å²) in [4.78, 5) is 5.27. The molecule has 1 saturated heterocycles. The molecule has 2 aliphatic rings. The minimum Gasteiger partial charge on any atom is -0.329 e. The van der Waals surface area contributed by atoms with Gasteiger partial charge in [0.25, 0.3) is 0 Å². The lowest BCUT2D eigenvalue weighted by Crippen LogP contribution is -2.65. The minimum absolute atomic E-state index is 0.289. The van der Waals surface area contributed by atoms with Gasteiger partial charge < -0.3 is 10.6 Å². The van der Waals surface area contributed by atoms with Gasteiger partial charge in [-0.25, -0.2) is 0 Å². The van der Waals surface area contributed by atoms with E-state index in [0.29, 0.717) is 0 Å². The largest absolute Gasteiger partial charge is 0.329 e. The van der Waals surface area contributed by atoms with E-state index in [1.165, 1.54) is 52.0 Å². The van der Waals surface area contributed by atoms with Gasteiger partial charge in [0.05, 0.1) is 0 Å². The Kier molecular flexibility index (Phi) is 4.68. The van der Waals surface area contributed by atoms with E-state index in [9.17, 15) is 0 Å². The molecule has 106 valence electrons. The van der Waals surface area contributed by atoms with Crippen molar-refractivity contribution in [2.45, 2.75) is 45.6 Å². The first-order valence-corrected chi connectivity index (χ1v) is 7.81. The highest BCUT2D eigenvalue weighted by Gasteiger charge is 2.45. The molecule has 1 aliphatic carbocycles. The molecule has 1 heterocycles. The highest BCUT2D eigenvalue weighted by molar-refractivity contribution is 5.01. The molecule has 3 heteroatoms. The summed E-state index contributed by atoms with van der Waals surface area (Å²) in [6.45, 7) is 14.0. The minimum atomic E-state index is 0.289. The second-order valence-electron chi connectivity index (χ2n) is 6.39. The Bertz CT molecular complexity index is 260. The van der Waals surface area contributed by atoms with Crippen molar-refractivity contribution in [3.05, 3.63) is 0 Å². The number of nitrogens with zero attached hydrogens (tertiary/aromatic N) is 2. The molecule has 0 aromatic carbocycles. The summed E-state index contributed by atoms with van der Waals surface area (Å²) in [5.41, 5.74) is 6.52. The molecule has 3 nitrogen and oxygen atoms in total. The maximum absolute atomic E-state index is 6.23. The number of likely N-dealkylation sites (N-methyl/N-ethyl adjacent to an activating group) is 1. The summed E-state index contributed by atoms with van der Waals surface area (Å²) in [6, 6.07) is 0. The van der Waals surface area contributed by atoms with E-state index in [2.05, 4.69) is 30.6 Å². The summed E-state index contributed by atoms with van der Waals surface area (Å²) in [5.74, 6) is 1.57. The van der Waals surface area contributed by atoms with Crippen LogP contribution in [0.25, 0.3) is 0 Å². The molecule has 1 saturated carbocycles.